The second-order valence-corrected chi connectivity index (χ2v) is 7.53. The number of aryl methyl sites for hydroxylation is 1. The minimum atomic E-state index is 0.685. The van der Waals surface area contributed by atoms with Crippen molar-refractivity contribution >= 4 is 17.7 Å². The predicted molar refractivity (Wildman–Crippen MR) is 101 cm³/mol. The highest BCUT2D eigenvalue weighted by molar-refractivity contribution is 7.99. The highest BCUT2D eigenvalue weighted by Crippen LogP contribution is 2.38. The van der Waals surface area contributed by atoms with Crippen LogP contribution in [0.15, 0.2) is 63.3 Å². The van der Waals surface area contributed by atoms with E-state index >= 15 is 0 Å². The Morgan fingerprint density at radius 2 is 2.04 bits per heavy atom. The molecule has 0 fully saturated rings. The van der Waals surface area contributed by atoms with E-state index in [9.17, 15) is 0 Å². The van der Waals surface area contributed by atoms with E-state index in [0.29, 0.717) is 5.92 Å². The second-order valence-electron chi connectivity index (χ2n) is 6.38. The molecular weight excluding hydrogens is 314 g/mol. The van der Waals surface area contributed by atoms with Gasteiger partial charge in [0.15, 0.2) is 5.96 Å². The van der Waals surface area contributed by atoms with Crippen LogP contribution in [0.2, 0.25) is 0 Å². The smallest absolute Gasteiger partial charge is 0.191 e. The maximum atomic E-state index is 4.39. The molecule has 3 nitrogen and oxygen atoms in total. The van der Waals surface area contributed by atoms with Crippen molar-refractivity contribution in [3.8, 4) is 0 Å². The molecule has 2 aromatic carbocycles. The van der Waals surface area contributed by atoms with Crippen molar-refractivity contribution in [1.82, 2.24) is 10.6 Å². The maximum absolute atomic E-state index is 4.39. The molecule has 2 aromatic rings. The van der Waals surface area contributed by atoms with Crippen LogP contribution < -0.4 is 10.6 Å². The number of hydrogen-bond donors (Lipinski definition) is 2. The van der Waals surface area contributed by atoms with E-state index in [1.807, 2.05) is 11.8 Å². The third-order valence-electron chi connectivity index (χ3n) is 4.75. The number of rotatable bonds is 5. The van der Waals surface area contributed by atoms with Gasteiger partial charge in [0.25, 0.3) is 0 Å². The Morgan fingerprint density at radius 1 is 1.12 bits per heavy atom. The van der Waals surface area contributed by atoms with Crippen molar-refractivity contribution in [3.63, 3.8) is 0 Å². The summed E-state index contributed by atoms with van der Waals surface area (Å²) in [5.74, 6) is 1.66. The summed E-state index contributed by atoms with van der Waals surface area (Å²) in [4.78, 5) is 7.04. The number of aliphatic imine (C=N–C) groups is 1. The number of benzene rings is 2. The number of nitrogens with one attached hydrogen (secondary N) is 2. The van der Waals surface area contributed by atoms with Gasteiger partial charge in [0, 0.05) is 22.9 Å². The molecule has 1 atom stereocenters. The van der Waals surface area contributed by atoms with Gasteiger partial charge < -0.3 is 10.6 Å². The topological polar surface area (TPSA) is 36.4 Å². The van der Waals surface area contributed by atoms with Crippen LogP contribution in [-0.2, 0) is 6.42 Å². The Balaban J connectivity index is 1.37. The van der Waals surface area contributed by atoms with Crippen molar-refractivity contribution in [2.24, 2.45) is 4.99 Å². The van der Waals surface area contributed by atoms with Gasteiger partial charge in [-0.3, -0.25) is 4.99 Å². The molecule has 2 N–H and O–H groups in total. The molecule has 124 valence electrons. The fourth-order valence-electron chi connectivity index (χ4n) is 3.55. The molecule has 1 heterocycles. The molecule has 1 aliphatic heterocycles. The lowest BCUT2D eigenvalue weighted by Crippen LogP contribution is -2.34. The minimum Gasteiger partial charge on any atom is -0.356 e. The van der Waals surface area contributed by atoms with Gasteiger partial charge in [-0.15, -0.1) is 0 Å². The van der Waals surface area contributed by atoms with Crippen LogP contribution in [-0.4, -0.2) is 25.6 Å². The highest BCUT2D eigenvalue weighted by atomic mass is 32.2. The molecule has 0 bridgehead atoms. The Hall–Kier alpha value is -1.94. The molecule has 0 aromatic heterocycles. The number of hydrogen-bond acceptors (Lipinski definition) is 4. The summed E-state index contributed by atoms with van der Waals surface area (Å²) in [6.45, 7) is 2.86. The van der Waals surface area contributed by atoms with E-state index in [-0.39, 0.29) is 0 Å². The summed E-state index contributed by atoms with van der Waals surface area (Å²) in [5, 5.41) is 6.69. The minimum absolute atomic E-state index is 0.685. The summed E-state index contributed by atoms with van der Waals surface area (Å²) in [7, 11) is 0. The van der Waals surface area contributed by atoms with Crippen LogP contribution in [0.25, 0.3) is 0 Å². The van der Waals surface area contributed by atoms with Crippen molar-refractivity contribution < 1.29 is 0 Å². The van der Waals surface area contributed by atoms with E-state index in [1.165, 1.54) is 34.6 Å². The molecule has 24 heavy (non-hydrogen) atoms. The molecule has 4 rings (SSSR count). The molecule has 0 radical (unpaired) electrons. The molecule has 4 heteroatoms. The molecule has 0 spiro atoms. The fourth-order valence-corrected chi connectivity index (χ4v) is 4.45. The lowest BCUT2D eigenvalue weighted by Gasteiger charge is -2.13. The first-order valence-corrected chi connectivity index (χ1v) is 9.58. The Kier molecular flexibility index (Phi) is 4.74. The fraction of sp³-hybridized carbons (Fsp3) is 0.350. The van der Waals surface area contributed by atoms with Gasteiger partial charge in [0.05, 0.1) is 6.54 Å². The van der Waals surface area contributed by atoms with Crippen LogP contribution in [0.4, 0.5) is 0 Å². The van der Waals surface area contributed by atoms with E-state index < -0.39 is 0 Å². The summed E-state index contributed by atoms with van der Waals surface area (Å²) < 4.78 is 0. The summed E-state index contributed by atoms with van der Waals surface area (Å²) in [6.07, 6.45) is 3.66. The Morgan fingerprint density at radius 3 is 2.88 bits per heavy atom. The third-order valence-corrected chi connectivity index (χ3v) is 5.75. The summed E-state index contributed by atoms with van der Waals surface area (Å²) >= 11 is 1.85. The normalized spacial score (nSPS) is 18.8. The standard InChI is InChI=1S/C20H23N3S/c1-2-4-17(5-3-1)24-18-8-9-19-15(6-7-16(19)14-18)10-11-21-20-22-12-13-23-20/h1-5,8-9,14-15H,6-7,10-13H2,(H2,21,22,23). The van der Waals surface area contributed by atoms with Crippen molar-refractivity contribution in [2.75, 3.05) is 19.6 Å². The zero-order valence-corrected chi connectivity index (χ0v) is 14.6. The molecule has 0 saturated carbocycles. The van der Waals surface area contributed by atoms with Gasteiger partial charge in [0.2, 0.25) is 0 Å². The van der Waals surface area contributed by atoms with Gasteiger partial charge in [-0.25, -0.2) is 0 Å². The van der Waals surface area contributed by atoms with Crippen molar-refractivity contribution in [2.45, 2.75) is 35.0 Å². The maximum Gasteiger partial charge on any atom is 0.191 e. The van der Waals surface area contributed by atoms with E-state index in [0.717, 1.165) is 25.6 Å². The molecule has 0 saturated heterocycles. The van der Waals surface area contributed by atoms with Crippen LogP contribution in [0.1, 0.15) is 29.9 Å². The largest absolute Gasteiger partial charge is 0.356 e. The van der Waals surface area contributed by atoms with Gasteiger partial charge in [0.1, 0.15) is 0 Å². The number of guanidine groups is 1. The van der Waals surface area contributed by atoms with Crippen LogP contribution in [0, 0.1) is 0 Å². The summed E-state index contributed by atoms with van der Waals surface area (Å²) in [5.41, 5.74) is 3.09. The Bertz CT molecular complexity index is 727. The average Bonchev–Trinajstić information content (AvgIpc) is 3.26. The number of fused-ring (bicyclic) bond motifs is 1. The first kappa shape index (κ1) is 15.6. The molecule has 0 amide bonds. The van der Waals surface area contributed by atoms with Crippen LogP contribution >= 0.6 is 11.8 Å². The van der Waals surface area contributed by atoms with Crippen molar-refractivity contribution in [1.29, 1.82) is 0 Å². The molecule has 1 unspecified atom stereocenters. The SMILES string of the molecule is c1ccc(Sc2ccc3c(c2)CCC3CCNC2=NCCN2)cc1. The Labute approximate surface area is 148 Å². The monoisotopic (exact) mass is 337 g/mol. The quantitative estimate of drug-likeness (QED) is 0.871. The second kappa shape index (κ2) is 7.31. The molecule has 2 aliphatic rings. The lowest BCUT2D eigenvalue weighted by atomic mass is 9.98. The van der Waals surface area contributed by atoms with E-state index in [4.69, 9.17) is 0 Å². The average molecular weight is 337 g/mol. The zero-order valence-electron chi connectivity index (χ0n) is 13.8. The van der Waals surface area contributed by atoms with Gasteiger partial charge in [-0.1, -0.05) is 36.0 Å². The van der Waals surface area contributed by atoms with E-state index in [2.05, 4.69) is 64.2 Å². The molecule has 1 aliphatic carbocycles. The first-order chi connectivity index (χ1) is 11.9. The van der Waals surface area contributed by atoms with Gasteiger partial charge >= 0.3 is 0 Å². The van der Waals surface area contributed by atoms with Crippen molar-refractivity contribution in [3.05, 3.63) is 59.7 Å². The predicted octanol–water partition coefficient (Wildman–Crippen LogP) is 3.81. The first-order valence-electron chi connectivity index (χ1n) is 8.76. The summed E-state index contributed by atoms with van der Waals surface area (Å²) in [6, 6.07) is 17.6. The molecular formula is C20H23N3S. The zero-order chi connectivity index (χ0) is 16.2. The van der Waals surface area contributed by atoms with E-state index in [1.54, 1.807) is 5.56 Å². The van der Waals surface area contributed by atoms with Crippen LogP contribution in [0.3, 0.4) is 0 Å². The highest BCUT2D eigenvalue weighted by Gasteiger charge is 2.22. The van der Waals surface area contributed by atoms with Gasteiger partial charge in [-0.2, -0.15) is 0 Å². The number of nitrogens with zero attached hydrogens (tertiary/aromatic N) is 1. The van der Waals surface area contributed by atoms with Crippen LogP contribution in [0.5, 0.6) is 0 Å². The third kappa shape index (κ3) is 3.59. The van der Waals surface area contributed by atoms with Gasteiger partial charge in [-0.05, 0) is 60.6 Å². The lowest BCUT2D eigenvalue weighted by molar-refractivity contribution is 0.606.